The van der Waals surface area contributed by atoms with Crippen LogP contribution >= 0.6 is 0 Å². The lowest BCUT2D eigenvalue weighted by Crippen LogP contribution is -2.31. The Balaban J connectivity index is 2.04. The van der Waals surface area contributed by atoms with E-state index in [2.05, 4.69) is 10.6 Å². The lowest BCUT2D eigenvalue weighted by atomic mass is 10.0. The van der Waals surface area contributed by atoms with Gasteiger partial charge in [0.15, 0.2) is 0 Å². The summed E-state index contributed by atoms with van der Waals surface area (Å²) in [5.41, 5.74) is 2.52. The standard InChI is InChI=1S/C15H21N3O2/c1-18(2)9-8-16-15(20)12-6-7-13-11(10-12)4-3-5-14(19)17-13/h6-7,10H,3-5,8-9H2,1-2H3,(H,16,20)(H,17,19). The number of hydrogen-bond donors (Lipinski definition) is 2. The van der Waals surface area contributed by atoms with Crippen molar-refractivity contribution in [2.45, 2.75) is 19.3 Å². The van der Waals surface area contributed by atoms with Crippen molar-refractivity contribution < 1.29 is 9.59 Å². The van der Waals surface area contributed by atoms with E-state index in [0.29, 0.717) is 18.5 Å². The molecule has 5 heteroatoms. The van der Waals surface area contributed by atoms with E-state index >= 15 is 0 Å². The zero-order valence-corrected chi connectivity index (χ0v) is 12.0. The molecular weight excluding hydrogens is 254 g/mol. The van der Waals surface area contributed by atoms with Gasteiger partial charge in [-0.15, -0.1) is 0 Å². The Morgan fingerprint density at radius 3 is 2.90 bits per heavy atom. The third-order valence-electron chi connectivity index (χ3n) is 3.34. The van der Waals surface area contributed by atoms with E-state index in [1.807, 2.05) is 31.1 Å². The van der Waals surface area contributed by atoms with Crippen LogP contribution in [0, 0.1) is 0 Å². The Morgan fingerprint density at radius 2 is 2.15 bits per heavy atom. The average molecular weight is 275 g/mol. The molecule has 0 saturated carbocycles. The van der Waals surface area contributed by atoms with Gasteiger partial charge in [0, 0.05) is 30.8 Å². The largest absolute Gasteiger partial charge is 0.351 e. The van der Waals surface area contributed by atoms with Crippen LogP contribution in [0.25, 0.3) is 0 Å². The lowest BCUT2D eigenvalue weighted by Gasteiger charge is -2.12. The molecular formula is C15H21N3O2. The monoisotopic (exact) mass is 275 g/mol. The molecule has 0 spiro atoms. The Bertz CT molecular complexity index is 512. The second-order valence-electron chi connectivity index (χ2n) is 5.33. The predicted molar refractivity (Wildman–Crippen MR) is 78.9 cm³/mol. The van der Waals surface area contributed by atoms with Crippen LogP contribution in [0.3, 0.4) is 0 Å². The summed E-state index contributed by atoms with van der Waals surface area (Å²) in [4.78, 5) is 25.5. The van der Waals surface area contributed by atoms with Gasteiger partial charge in [-0.25, -0.2) is 0 Å². The summed E-state index contributed by atoms with van der Waals surface area (Å²) < 4.78 is 0. The minimum absolute atomic E-state index is 0.0481. The maximum atomic E-state index is 12.0. The number of carbonyl (C=O) groups is 2. The molecule has 20 heavy (non-hydrogen) atoms. The molecule has 108 valence electrons. The highest BCUT2D eigenvalue weighted by Crippen LogP contribution is 2.23. The van der Waals surface area contributed by atoms with Crippen molar-refractivity contribution in [3.05, 3.63) is 29.3 Å². The topological polar surface area (TPSA) is 61.4 Å². The van der Waals surface area contributed by atoms with Gasteiger partial charge in [0.05, 0.1) is 0 Å². The maximum Gasteiger partial charge on any atom is 0.251 e. The van der Waals surface area contributed by atoms with Gasteiger partial charge in [-0.3, -0.25) is 9.59 Å². The van der Waals surface area contributed by atoms with Gasteiger partial charge in [0.1, 0.15) is 0 Å². The molecule has 0 unspecified atom stereocenters. The van der Waals surface area contributed by atoms with Crippen LogP contribution in [-0.2, 0) is 11.2 Å². The minimum Gasteiger partial charge on any atom is -0.351 e. The molecule has 5 nitrogen and oxygen atoms in total. The van der Waals surface area contributed by atoms with Gasteiger partial charge in [-0.2, -0.15) is 0 Å². The number of hydrogen-bond acceptors (Lipinski definition) is 3. The third kappa shape index (κ3) is 3.81. The van der Waals surface area contributed by atoms with Crippen molar-refractivity contribution in [1.82, 2.24) is 10.2 Å². The van der Waals surface area contributed by atoms with Crippen LogP contribution in [-0.4, -0.2) is 43.9 Å². The van der Waals surface area contributed by atoms with Crippen molar-refractivity contribution in [3.8, 4) is 0 Å². The van der Waals surface area contributed by atoms with E-state index in [1.54, 1.807) is 6.07 Å². The Labute approximate surface area is 119 Å². The average Bonchev–Trinajstić information content (AvgIpc) is 2.57. The quantitative estimate of drug-likeness (QED) is 0.869. The van der Waals surface area contributed by atoms with E-state index in [1.165, 1.54) is 0 Å². The van der Waals surface area contributed by atoms with E-state index in [4.69, 9.17) is 0 Å². The van der Waals surface area contributed by atoms with Gasteiger partial charge in [0.25, 0.3) is 5.91 Å². The molecule has 1 aromatic carbocycles. The molecule has 2 amide bonds. The zero-order valence-electron chi connectivity index (χ0n) is 12.0. The van der Waals surface area contributed by atoms with Crippen LogP contribution < -0.4 is 10.6 Å². The second kappa shape index (κ2) is 6.52. The molecule has 0 fully saturated rings. The highest BCUT2D eigenvalue weighted by Gasteiger charge is 2.14. The number of carbonyl (C=O) groups excluding carboxylic acids is 2. The fourth-order valence-electron chi connectivity index (χ4n) is 2.21. The minimum atomic E-state index is -0.0646. The first-order valence-electron chi connectivity index (χ1n) is 6.92. The number of fused-ring (bicyclic) bond motifs is 1. The Morgan fingerprint density at radius 1 is 1.35 bits per heavy atom. The fourth-order valence-corrected chi connectivity index (χ4v) is 2.21. The molecule has 0 aromatic heterocycles. The van der Waals surface area contributed by atoms with Crippen LogP contribution in [0.2, 0.25) is 0 Å². The van der Waals surface area contributed by atoms with Gasteiger partial charge in [-0.1, -0.05) is 0 Å². The van der Waals surface area contributed by atoms with E-state index in [0.717, 1.165) is 30.6 Å². The summed E-state index contributed by atoms with van der Waals surface area (Å²) in [5, 5.41) is 5.76. The van der Waals surface area contributed by atoms with Crippen molar-refractivity contribution in [1.29, 1.82) is 0 Å². The summed E-state index contributed by atoms with van der Waals surface area (Å²) in [6.07, 6.45) is 2.19. The fraction of sp³-hybridized carbons (Fsp3) is 0.467. The first-order valence-corrected chi connectivity index (χ1v) is 6.92. The first-order chi connectivity index (χ1) is 9.56. The van der Waals surface area contributed by atoms with Crippen molar-refractivity contribution in [2.75, 3.05) is 32.5 Å². The van der Waals surface area contributed by atoms with Crippen molar-refractivity contribution >= 4 is 17.5 Å². The molecule has 0 aliphatic carbocycles. The molecule has 1 aliphatic heterocycles. The molecule has 1 aliphatic rings. The first kappa shape index (κ1) is 14.5. The molecule has 0 saturated heterocycles. The molecule has 0 atom stereocenters. The number of nitrogens with one attached hydrogen (secondary N) is 2. The normalized spacial score (nSPS) is 14.4. The molecule has 0 bridgehead atoms. The SMILES string of the molecule is CN(C)CCNC(=O)c1ccc2c(c1)CCCC(=O)N2. The highest BCUT2D eigenvalue weighted by atomic mass is 16.2. The number of nitrogens with zero attached hydrogens (tertiary/aromatic N) is 1. The summed E-state index contributed by atoms with van der Waals surface area (Å²) >= 11 is 0. The highest BCUT2D eigenvalue weighted by molar-refractivity contribution is 5.97. The summed E-state index contributed by atoms with van der Waals surface area (Å²) in [5.74, 6) is -0.0165. The third-order valence-corrected chi connectivity index (χ3v) is 3.34. The molecule has 0 radical (unpaired) electrons. The predicted octanol–water partition coefficient (Wildman–Crippen LogP) is 1.25. The molecule has 2 rings (SSSR count). The maximum absolute atomic E-state index is 12.0. The summed E-state index contributed by atoms with van der Waals surface area (Å²) in [6.45, 7) is 1.44. The lowest BCUT2D eigenvalue weighted by molar-refractivity contribution is -0.116. The summed E-state index contributed by atoms with van der Waals surface area (Å²) in [7, 11) is 3.94. The number of benzene rings is 1. The van der Waals surface area contributed by atoms with E-state index in [9.17, 15) is 9.59 Å². The van der Waals surface area contributed by atoms with Crippen LogP contribution in [0.5, 0.6) is 0 Å². The smallest absolute Gasteiger partial charge is 0.251 e. The molecule has 1 aromatic rings. The summed E-state index contributed by atoms with van der Waals surface area (Å²) in [6, 6.07) is 5.46. The zero-order chi connectivity index (χ0) is 14.5. The van der Waals surface area contributed by atoms with Gasteiger partial charge < -0.3 is 15.5 Å². The number of aryl methyl sites for hydroxylation is 1. The van der Waals surface area contributed by atoms with Gasteiger partial charge in [0.2, 0.25) is 5.91 Å². The Hall–Kier alpha value is -1.88. The van der Waals surface area contributed by atoms with Crippen LogP contribution in [0.15, 0.2) is 18.2 Å². The van der Waals surface area contributed by atoms with E-state index in [-0.39, 0.29) is 11.8 Å². The van der Waals surface area contributed by atoms with Gasteiger partial charge >= 0.3 is 0 Å². The Kier molecular flexibility index (Phi) is 4.74. The van der Waals surface area contributed by atoms with Crippen LogP contribution in [0.1, 0.15) is 28.8 Å². The van der Waals surface area contributed by atoms with Crippen LogP contribution in [0.4, 0.5) is 5.69 Å². The van der Waals surface area contributed by atoms with Gasteiger partial charge in [-0.05, 0) is 50.7 Å². The van der Waals surface area contributed by atoms with E-state index < -0.39 is 0 Å². The molecule has 1 heterocycles. The molecule has 2 N–H and O–H groups in total. The number of anilines is 1. The van der Waals surface area contributed by atoms with Crippen molar-refractivity contribution in [3.63, 3.8) is 0 Å². The number of amides is 2. The number of rotatable bonds is 4. The second-order valence-corrected chi connectivity index (χ2v) is 5.33. The van der Waals surface area contributed by atoms with Crippen molar-refractivity contribution in [2.24, 2.45) is 0 Å². The number of likely N-dealkylation sites (N-methyl/N-ethyl adjacent to an activating group) is 1.